The van der Waals surface area contributed by atoms with Crippen LogP contribution in [0.1, 0.15) is 27.2 Å². The summed E-state index contributed by atoms with van der Waals surface area (Å²) < 4.78 is 27.7. The molecule has 0 aliphatic rings. The van der Waals surface area contributed by atoms with Crippen LogP contribution in [0.25, 0.3) is 0 Å². The fraction of sp³-hybridized carbons (Fsp3) is 0.429. The van der Waals surface area contributed by atoms with Crippen LogP contribution in [0.4, 0.5) is 5.69 Å². The second-order valence-electron chi connectivity index (χ2n) is 5.70. The predicted molar refractivity (Wildman–Crippen MR) is 83.7 cm³/mol. The number of anilines is 1. The molecular weight excluding hydrogens is 330 g/mol. The van der Waals surface area contributed by atoms with Crippen LogP contribution in [-0.4, -0.2) is 27.2 Å². The maximum Gasteiger partial charge on any atom is 0.261 e. The van der Waals surface area contributed by atoms with Gasteiger partial charge in [0.25, 0.3) is 9.05 Å². The number of hydrogen-bond acceptors (Lipinski definition) is 5. The maximum absolute atomic E-state index is 11.9. The maximum atomic E-state index is 11.9. The number of ether oxygens (including phenoxy) is 1. The Morgan fingerprint density at radius 3 is 2.32 bits per heavy atom. The second kappa shape index (κ2) is 6.66. The molecule has 1 rings (SSSR count). The summed E-state index contributed by atoms with van der Waals surface area (Å²) in [6, 6.07) is 3.81. The van der Waals surface area contributed by atoms with Gasteiger partial charge in [-0.25, -0.2) is 8.42 Å². The Labute approximate surface area is 134 Å². The van der Waals surface area contributed by atoms with E-state index < -0.39 is 20.4 Å². The minimum atomic E-state index is -3.93. The molecule has 0 heterocycles. The highest BCUT2D eigenvalue weighted by Gasteiger charge is 2.24. The predicted octanol–water partition coefficient (Wildman–Crippen LogP) is 2.57. The summed E-state index contributed by atoms with van der Waals surface area (Å²) >= 11 is 0. The Bertz CT molecular complexity index is 692. The zero-order chi connectivity index (χ0) is 17.1. The standard InChI is InChI=1S/C14H18ClNO5S/c1-14(2,3)12(17)8-13(18)16-10-7-9(22(15,19)20)5-6-11(10)21-4/h5-7H,8H2,1-4H3,(H,16,18). The third-order valence-corrected chi connectivity index (χ3v) is 4.24. The monoisotopic (exact) mass is 347 g/mol. The summed E-state index contributed by atoms with van der Waals surface area (Å²) in [5.74, 6) is -0.520. The smallest absolute Gasteiger partial charge is 0.261 e. The molecule has 1 aromatic carbocycles. The van der Waals surface area contributed by atoms with E-state index in [4.69, 9.17) is 15.4 Å². The van der Waals surface area contributed by atoms with E-state index in [-0.39, 0.29) is 28.5 Å². The fourth-order valence-electron chi connectivity index (χ4n) is 1.54. The molecule has 1 amide bonds. The molecule has 0 atom stereocenters. The Morgan fingerprint density at radius 2 is 1.86 bits per heavy atom. The molecule has 6 nitrogen and oxygen atoms in total. The van der Waals surface area contributed by atoms with E-state index in [0.29, 0.717) is 0 Å². The zero-order valence-corrected chi connectivity index (χ0v) is 14.3. The van der Waals surface area contributed by atoms with Gasteiger partial charge in [-0.2, -0.15) is 0 Å². The lowest BCUT2D eigenvalue weighted by Crippen LogP contribution is -2.26. The van der Waals surface area contributed by atoms with Crippen molar-refractivity contribution >= 4 is 37.1 Å². The average molecular weight is 348 g/mol. The number of ketones is 1. The van der Waals surface area contributed by atoms with Crippen molar-refractivity contribution in [3.05, 3.63) is 18.2 Å². The van der Waals surface area contributed by atoms with Crippen molar-refractivity contribution in [3.8, 4) is 5.75 Å². The Kier molecular flexibility index (Phi) is 5.59. The minimum Gasteiger partial charge on any atom is -0.495 e. The first kappa shape index (κ1) is 18.4. The molecule has 122 valence electrons. The molecule has 0 bridgehead atoms. The Morgan fingerprint density at radius 1 is 1.27 bits per heavy atom. The number of methoxy groups -OCH3 is 1. The number of carbonyl (C=O) groups excluding carboxylic acids is 2. The summed E-state index contributed by atoms with van der Waals surface area (Å²) in [6.07, 6.45) is -0.315. The van der Waals surface area contributed by atoms with E-state index in [0.717, 1.165) is 0 Å². The van der Waals surface area contributed by atoms with Crippen LogP contribution < -0.4 is 10.1 Å². The van der Waals surface area contributed by atoms with Crippen LogP contribution in [0.5, 0.6) is 5.75 Å². The molecule has 0 spiro atoms. The van der Waals surface area contributed by atoms with E-state index in [1.54, 1.807) is 20.8 Å². The zero-order valence-electron chi connectivity index (χ0n) is 12.8. The van der Waals surface area contributed by atoms with Crippen molar-refractivity contribution in [2.45, 2.75) is 32.1 Å². The number of halogens is 1. The number of amides is 1. The lowest BCUT2D eigenvalue weighted by atomic mass is 9.89. The van der Waals surface area contributed by atoms with E-state index in [1.165, 1.54) is 25.3 Å². The average Bonchev–Trinajstić information content (AvgIpc) is 2.36. The molecule has 22 heavy (non-hydrogen) atoms. The topological polar surface area (TPSA) is 89.5 Å². The summed E-state index contributed by atoms with van der Waals surface area (Å²) in [5.41, 5.74) is -0.501. The van der Waals surface area contributed by atoms with Gasteiger partial charge in [0.05, 0.1) is 24.1 Å². The lowest BCUT2D eigenvalue weighted by Gasteiger charge is -2.16. The van der Waals surface area contributed by atoms with Crippen molar-refractivity contribution in [2.75, 3.05) is 12.4 Å². The molecule has 0 saturated carbocycles. The molecule has 0 aromatic heterocycles. The summed E-state index contributed by atoms with van der Waals surface area (Å²) in [4.78, 5) is 23.6. The molecule has 0 saturated heterocycles. The quantitative estimate of drug-likeness (QED) is 0.653. The highest BCUT2D eigenvalue weighted by molar-refractivity contribution is 8.13. The highest BCUT2D eigenvalue weighted by atomic mass is 35.7. The van der Waals surface area contributed by atoms with E-state index in [2.05, 4.69) is 5.32 Å². The minimum absolute atomic E-state index is 0.135. The first-order valence-corrected chi connectivity index (χ1v) is 8.72. The fourth-order valence-corrected chi connectivity index (χ4v) is 2.32. The molecule has 1 N–H and O–H groups in total. The third-order valence-electron chi connectivity index (χ3n) is 2.88. The van der Waals surface area contributed by atoms with Gasteiger partial charge >= 0.3 is 0 Å². The van der Waals surface area contributed by atoms with Gasteiger partial charge in [0.15, 0.2) is 0 Å². The van der Waals surface area contributed by atoms with Gasteiger partial charge in [0.2, 0.25) is 5.91 Å². The molecule has 1 aromatic rings. The van der Waals surface area contributed by atoms with Crippen LogP contribution >= 0.6 is 10.7 Å². The Hall–Kier alpha value is -1.60. The van der Waals surface area contributed by atoms with Gasteiger partial charge in [-0.3, -0.25) is 9.59 Å². The van der Waals surface area contributed by atoms with Crippen LogP contribution in [-0.2, 0) is 18.6 Å². The third kappa shape index (κ3) is 4.99. The van der Waals surface area contributed by atoms with E-state index in [1.807, 2.05) is 0 Å². The van der Waals surface area contributed by atoms with Gasteiger partial charge in [-0.05, 0) is 18.2 Å². The molecular formula is C14H18ClNO5S. The summed E-state index contributed by atoms with van der Waals surface area (Å²) in [7, 11) is 2.71. The van der Waals surface area contributed by atoms with Crippen molar-refractivity contribution in [1.82, 2.24) is 0 Å². The molecule has 8 heteroatoms. The number of Topliss-reactive ketones (excluding diaryl/α,β-unsaturated/α-hetero) is 1. The first-order valence-electron chi connectivity index (χ1n) is 6.41. The van der Waals surface area contributed by atoms with Crippen molar-refractivity contribution in [1.29, 1.82) is 0 Å². The van der Waals surface area contributed by atoms with Gasteiger partial charge in [-0.1, -0.05) is 20.8 Å². The number of hydrogen-bond donors (Lipinski definition) is 1. The van der Waals surface area contributed by atoms with Crippen LogP contribution in [0.15, 0.2) is 23.1 Å². The largest absolute Gasteiger partial charge is 0.495 e. The summed E-state index contributed by atoms with van der Waals surface area (Å²) in [5, 5.41) is 2.47. The molecule has 0 aliphatic carbocycles. The normalized spacial score (nSPS) is 11.9. The molecule has 0 fully saturated rings. The van der Waals surface area contributed by atoms with Crippen molar-refractivity contribution in [3.63, 3.8) is 0 Å². The second-order valence-corrected chi connectivity index (χ2v) is 8.26. The Balaban J connectivity index is 3.01. The van der Waals surface area contributed by atoms with Gasteiger partial charge in [0, 0.05) is 16.1 Å². The highest BCUT2D eigenvalue weighted by Crippen LogP contribution is 2.29. The molecule has 0 unspecified atom stereocenters. The van der Waals surface area contributed by atoms with Crippen LogP contribution in [0, 0.1) is 5.41 Å². The lowest BCUT2D eigenvalue weighted by molar-refractivity contribution is -0.130. The number of carbonyl (C=O) groups is 2. The number of benzene rings is 1. The van der Waals surface area contributed by atoms with Crippen LogP contribution in [0.2, 0.25) is 0 Å². The SMILES string of the molecule is COc1ccc(S(=O)(=O)Cl)cc1NC(=O)CC(=O)C(C)(C)C. The summed E-state index contributed by atoms with van der Waals surface area (Å²) in [6.45, 7) is 5.14. The van der Waals surface area contributed by atoms with Gasteiger partial charge in [-0.15, -0.1) is 0 Å². The number of rotatable bonds is 5. The first-order chi connectivity index (χ1) is 9.95. The molecule has 0 radical (unpaired) electrons. The van der Waals surface area contributed by atoms with Crippen LogP contribution in [0.3, 0.4) is 0 Å². The van der Waals surface area contributed by atoms with Gasteiger partial charge < -0.3 is 10.1 Å². The van der Waals surface area contributed by atoms with Crippen molar-refractivity contribution in [2.24, 2.45) is 5.41 Å². The van der Waals surface area contributed by atoms with Crippen molar-refractivity contribution < 1.29 is 22.7 Å². The molecule has 0 aliphatic heterocycles. The van der Waals surface area contributed by atoms with E-state index in [9.17, 15) is 18.0 Å². The number of nitrogens with one attached hydrogen (secondary N) is 1. The van der Waals surface area contributed by atoms with Gasteiger partial charge in [0.1, 0.15) is 11.5 Å². The van der Waals surface area contributed by atoms with E-state index >= 15 is 0 Å².